The van der Waals surface area contributed by atoms with E-state index in [-0.39, 0.29) is 5.78 Å². The van der Waals surface area contributed by atoms with E-state index < -0.39 is 5.38 Å². The summed E-state index contributed by atoms with van der Waals surface area (Å²) in [7, 11) is 0. The molecular formula is C12H15ClOS. The molecule has 0 bridgehead atoms. The lowest BCUT2D eigenvalue weighted by atomic mass is 10.1. The van der Waals surface area contributed by atoms with Crippen LogP contribution in [0.4, 0.5) is 0 Å². The third kappa shape index (κ3) is 3.25. The number of alkyl halides is 1. The summed E-state index contributed by atoms with van der Waals surface area (Å²) in [4.78, 5) is 12.9. The molecule has 1 rings (SSSR count). The molecule has 1 aromatic rings. The minimum atomic E-state index is -0.456. The Morgan fingerprint density at radius 3 is 2.73 bits per heavy atom. The molecule has 1 unspecified atom stereocenters. The molecule has 0 aromatic heterocycles. The first kappa shape index (κ1) is 12.6. The van der Waals surface area contributed by atoms with Crippen molar-refractivity contribution in [3.05, 3.63) is 29.3 Å². The number of ketones is 1. The van der Waals surface area contributed by atoms with Crippen molar-refractivity contribution in [1.82, 2.24) is 0 Å². The van der Waals surface area contributed by atoms with E-state index in [2.05, 4.69) is 6.92 Å². The molecule has 1 atom stereocenters. The second kappa shape index (κ2) is 5.57. The third-order valence-electron chi connectivity index (χ3n) is 2.06. The monoisotopic (exact) mass is 242 g/mol. The van der Waals surface area contributed by atoms with Crippen LogP contribution < -0.4 is 0 Å². The third-order valence-corrected chi connectivity index (χ3v) is 3.22. The van der Waals surface area contributed by atoms with Gasteiger partial charge in [0.1, 0.15) is 0 Å². The molecule has 0 radical (unpaired) electrons. The number of carbonyl (C=O) groups is 1. The zero-order chi connectivity index (χ0) is 11.4. The first-order chi connectivity index (χ1) is 7.06. The smallest absolute Gasteiger partial charge is 0.181 e. The van der Waals surface area contributed by atoms with Crippen LogP contribution in [0.1, 0.15) is 29.8 Å². The molecule has 0 aliphatic rings. The first-order valence-corrected chi connectivity index (χ1v) is 6.40. The molecule has 0 heterocycles. The van der Waals surface area contributed by atoms with Gasteiger partial charge in [0.05, 0.1) is 5.38 Å². The number of Topliss-reactive ketones (excluding diaryl/α,β-unsaturated/α-hetero) is 1. The average Bonchev–Trinajstić information content (AvgIpc) is 2.20. The summed E-state index contributed by atoms with van der Waals surface area (Å²) in [5.74, 6) is 0.969. The van der Waals surface area contributed by atoms with Crippen molar-refractivity contribution in [3.63, 3.8) is 0 Å². The Morgan fingerprint density at radius 1 is 1.53 bits per heavy atom. The Balaban J connectivity index is 3.12. The van der Waals surface area contributed by atoms with Gasteiger partial charge in [0.25, 0.3) is 0 Å². The molecule has 1 nitrogen and oxygen atoms in total. The molecule has 15 heavy (non-hydrogen) atoms. The Labute approximate surface area is 100 Å². The van der Waals surface area contributed by atoms with Crippen molar-refractivity contribution < 1.29 is 4.79 Å². The number of rotatable bonds is 4. The van der Waals surface area contributed by atoms with E-state index in [0.29, 0.717) is 0 Å². The lowest BCUT2D eigenvalue weighted by molar-refractivity contribution is 0.0989. The van der Waals surface area contributed by atoms with Gasteiger partial charge in [0.2, 0.25) is 0 Å². The van der Waals surface area contributed by atoms with Gasteiger partial charge < -0.3 is 0 Å². The van der Waals surface area contributed by atoms with Crippen molar-refractivity contribution in [2.24, 2.45) is 0 Å². The van der Waals surface area contributed by atoms with Crippen LogP contribution in [0.2, 0.25) is 0 Å². The summed E-state index contributed by atoms with van der Waals surface area (Å²) in [5.41, 5.74) is 1.85. The average molecular weight is 243 g/mol. The van der Waals surface area contributed by atoms with Crippen LogP contribution in [0.3, 0.4) is 0 Å². The van der Waals surface area contributed by atoms with E-state index in [0.717, 1.165) is 21.8 Å². The van der Waals surface area contributed by atoms with Crippen molar-refractivity contribution in [2.75, 3.05) is 5.75 Å². The molecule has 0 amide bonds. The van der Waals surface area contributed by atoms with E-state index in [1.54, 1.807) is 18.7 Å². The van der Waals surface area contributed by atoms with Gasteiger partial charge in [-0.15, -0.1) is 23.4 Å². The summed E-state index contributed by atoms with van der Waals surface area (Å²) >= 11 is 7.51. The van der Waals surface area contributed by atoms with Gasteiger partial charge in [0.15, 0.2) is 5.78 Å². The molecule has 0 aliphatic heterocycles. The van der Waals surface area contributed by atoms with Crippen molar-refractivity contribution >= 4 is 29.1 Å². The predicted octanol–water partition coefficient (Wildman–Crippen LogP) is 3.92. The van der Waals surface area contributed by atoms with Crippen LogP contribution in [-0.2, 0) is 0 Å². The van der Waals surface area contributed by atoms with Crippen LogP contribution in [-0.4, -0.2) is 16.9 Å². The number of aryl methyl sites for hydroxylation is 1. The van der Waals surface area contributed by atoms with E-state index in [1.807, 2.05) is 25.1 Å². The second-order valence-corrected chi connectivity index (χ2v) is 5.37. The zero-order valence-corrected chi connectivity index (χ0v) is 10.8. The van der Waals surface area contributed by atoms with E-state index >= 15 is 0 Å². The minimum absolute atomic E-state index is 0.0105. The van der Waals surface area contributed by atoms with Gasteiger partial charge in [-0.25, -0.2) is 0 Å². The van der Waals surface area contributed by atoms with Gasteiger partial charge in [-0.3, -0.25) is 4.79 Å². The SMILES string of the molecule is CCSc1ccc(C)cc1C(=O)C(C)Cl. The number of hydrogen-bond donors (Lipinski definition) is 0. The van der Waals surface area contributed by atoms with Crippen LogP contribution in [0, 0.1) is 6.92 Å². The van der Waals surface area contributed by atoms with Gasteiger partial charge >= 0.3 is 0 Å². The molecule has 82 valence electrons. The van der Waals surface area contributed by atoms with Crippen LogP contribution in [0.5, 0.6) is 0 Å². The molecule has 0 N–H and O–H groups in total. The number of halogens is 1. The fraction of sp³-hybridized carbons (Fsp3) is 0.417. The highest BCUT2D eigenvalue weighted by molar-refractivity contribution is 7.99. The molecule has 1 aromatic carbocycles. The Bertz CT molecular complexity index is 361. The summed E-state index contributed by atoms with van der Waals surface area (Å²) in [5, 5.41) is -0.456. The van der Waals surface area contributed by atoms with Crippen molar-refractivity contribution in [1.29, 1.82) is 0 Å². The zero-order valence-electron chi connectivity index (χ0n) is 9.21. The van der Waals surface area contributed by atoms with Gasteiger partial charge in [0, 0.05) is 10.5 Å². The van der Waals surface area contributed by atoms with Crippen molar-refractivity contribution in [3.8, 4) is 0 Å². The van der Waals surface area contributed by atoms with Crippen LogP contribution in [0.15, 0.2) is 23.1 Å². The quantitative estimate of drug-likeness (QED) is 0.452. The highest BCUT2D eigenvalue weighted by Gasteiger charge is 2.16. The molecule has 0 aliphatic carbocycles. The number of benzene rings is 1. The Morgan fingerprint density at radius 2 is 2.20 bits per heavy atom. The second-order valence-electron chi connectivity index (χ2n) is 3.41. The fourth-order valence-electron chi connectivity index (χ4n) is 1.33. The molecule has 0 saturated heterocycles. The fourth-order valence-corrected chi connectivity index (χ4v) is 2.24. The predicted molar refractivity (Wildman–Crippen MR) is 67.2 cm³/mol. The summed E-state index contributed by atoms with van der Waals surface area (Å²) < 4.78 is 0. The maximum Gasteiger partial charge on any atom is 0.181 e. The Kier molecular flexibility index (Phi) is 4.68. The standard InChI is InChI=1S/C12H15ClOS/c1-4-15-11-6-5-8(2)7-10(11)12(14)9(3)13/h5-7,9H,4H2,1-3H3. The summed E-state index contributed by atoms with van der Waals surface area (Å²) in [6.45, 7) is 5.77. The number of thioether (sulfide) groups is 1. The molecule has 0 fully saturated rings. The van der Waals surface area contributed by atoms with Gasteiger partial charge in [-0.1, -0.05) is 18.6 Å². The Hall–Kier alpha value is -0.470. The normalized spacial score (nSPS) is 12.5. The number of hydrogen-bond acceptors (Lipinski definition) is 2. The van der Waals surface area contributed by atoms with E-state index in [4.69, 9.17) is 11.6 Å². The highest BCUT2D eigenvalue weighted by Crippen LogP contribution is 2.25. The molecule has 3 heteroatoms. The highest BCUT2D eigenvalue weighted by atomic mass is 35.5. The van der Waals surface area contributed by atoms with Crippen molar-refractivity contribution in [2.45, 2.75) is 31.0 Å². The maximum absolute atomic E-state index is 11.8. The topological polar surface area (TPSA) is 17.1 Å². The van der Waals surface area contributed by atoms with Crippen LogP contribution in [0.25, 0.3) is 0 Å². The minimum Gasteiger partial charge on any atom is -0.292 e. The van der Waals surface area contributed by atoms with Crippen LogP contribution >= 0.6 is 23.4 Å². The maximum atomic E-state index is 11.8. The molecule has 0 spiro atoms. The van der Waals surface area contributed by atoms with E-state index in [1.165, 1.54) is 0 Å². The lowest BCUT2D eigenvalue weighted by Gasteiger charge is -2.09. The largest absolute Gasteiger partial charge is 0.292 e. The molecular weight excluding hydrogens is 228 g/mol. The summed E-state index contributed by atoms with van der Waals surface area (Å²) in [6.07, 6.45) is 0. The number of carbonyl (C=O) groups excluding carboxylic acids is 1. The van der Waals surface area contributed by atoms with Gasteiger partial charge in [-0.2, -0.15) is 0 Å². The van der Waals surface area contributed by atoms with E-state index in [9.17, 15) is 4.79 Å². The first-order valence-electron chi connectivity index (χ1n) is 4.98. The lowest BCUT2D eigenvalue weighted by Crippen LogP contribution is -2.11. The summed E-state index contributed by atoms with van der Waals surface area (Å²) in [6, 6.07) is 5.93. The molecule has 0 saturated carbocycles. The van der Waals surface area contributed by atoms with Gasteiger partial charge in [-0.05, 0) is 31.7 Å².